The van der Waals surface area contributed by atoms with Gasteiger partial charge in [0.05, 0.1) is 12.2 Å². The summed E-state index contributed by atoms with van der Waals surface area (Å²) in [5.74, 6) is 1.08. The summed E-state index contributed by atoms with van der Waals surface area (Å²) < 4.78 is 16.6. The third-order valence-electron chi connectivity index (χ3n) is 4.95. The molecule has 1 N–H and O–H groups in total. The van der Waals surface area contributed by atoms with Gasteiger partial charge in [-0.1, -0.05) is 36.2 Å². The number of rotatable bonds is 4. The van der Waals surface area contributed by atoms with Crippen LogP contribution < -0.4 is 10.2 Å². The maximum absolute atomic E-state index is 14.6. The van der Waals surface area contributed by atoms with Crippen LogP contribution in [0.5, 0.6) is 0 Å². The Morgan fingerprint density at radius 3 is 2.83 bits per heavy atom. The molecule has 3 aromatic rings. The molecule has 8 heteroatoms. The van der Waals surface area contributed by atoms with E-state index in [2.05, 4.69) is 15.5 Å². The molecular weight excluding hydrogens is 393 g/mol. The number of hydrogen-bond donors (Lipinski definition) is 1. The normalized spacial score (nSPS) is 13.4. The van der Waals surface area contributed by atoms with E-state index in [1.807, 2.05) is 4.57 Å². The zero-order chi connectivity index (χ0) is 20.2. The van der Waals surface area contributed by atoms with Crippen molar-refractivity contribution in [2.24, 2.45) is 0 Å². The van der Waals surface area contributed by atoms with Crippen LogP contribution in [0.15, 0.2) is 48.5 Å². The lowest BCUT2D eigenvalue weighted by Gasteiger charge is -2.23. The summed E-state index contributed by atoms with van der Waals surface area (Å²) in [6, 6.07) is 12.6. The molecule has 0 spiro atoms. The summed E-state index contributed by atoms with van der Waals surface area (Å²) >= 11 is 6.01. The first-order valence-corrected chi connectivity index (χ1v) is 9.99. The second kappa shape index (κ2) is 8.61. The zero-order valence-electron chi connectivity index (χ0n) is 15.8. The zero-order valence-corrected chi connectivity index (χ0v) is 16.6. The number of hydrogen-bond acceptors (Lipinski definition) is 3. The molecular formula is C21H21ClFN5O. The van der Waals surface area contributed by atoms with Crippen LogP contribution >= 0.6 is 11.6 Å². The van der Waals surface area contributed by atoms with E-state index in [-0.39, 0.29) is 12.2 Å². The van der Waals surface area contributed by atoms with Gasteiger partial charge in [-0.3, -0.25) is 4.90 Å². The van der Waals surface area contributed by atoms with Gasteiger partial charge in [0.25, 0.3) is 0 Å². The second-order valence-electron chi connectivity index (χ2n) is 6.97. The van der Waals surface area contributed by atoms with Crippen LogP contribution in [0.25, 0.3) is 0 Å². The van der Waals surface area contributed by atoms with Crippen LogP contribution in [-0.2, 0) is 19.5 Å². The lowest BCUT2D eigenvalue weighted by molar-refractivity contribution is 0.256. The minimum atomic E-state index is -0.482. The molecule has 29 heavy (non-hydrogen) atoms. The number of carbonyl (C=O) groups is 1. The molecule has 1 aliphatic heterocycles. The minimum Gasteiger partial charge on any atom is -0.313 e. The van der Waals surface area contributed by atoms with E-state index in [9.17, 15) is 9.18 Å². The van der Waals surface area contributed by atoms with E-state index >= 15 is 0 Å². The van der Waals surface area contributed by atoms with Crippen molar-refractivity contribution in [3.8, 4) is 0 Å². The number of anilines is 2. The fourth-order valence-electron chi connectivity index (χ4n) is 3.50. The van der Waals surface area contributed by atoms with E-state index in [0.29, 0.717) is 16.5 Å². The van der Waals surface area contributed by atoms with Crippen LogP contribution in [0.2, 0.25) is 5.02 Å². The average molecular weight is 414 g/mol. The molecule has 2 aromatic carbocycles. The Labute approximate surface area is 173 Å². The number of para-hydroxylation sites is 1. The first kappa shape index (κ1) is 19.4. The number of aryl methyl sites for hydroxylation is 1. The summed E-state index contributed by atoms with van der Waals surface area (Å²) in [6.45, 7) is 0.916. The first-order valence-electron chi connectivity index (χ1n) is 9.61. The van der Waals surface area contributed by atoms with Crippen molar-refractivity contribution in [2.75, 3.05) is 10.2 Å². The molecule has 150 valence electrons. The Kier molecular flexibility index (Phi) is 5.76. The molecule has 0 atom stereocenters. The smallest absolute Gasteiger partial charge is 0.313 e. The number of fused-ring (bicyclic) bond motifs is 1. The van der Waals surface area contributed by atoms with Crippen molar-refractivity contribution in [1.29, 1.82) is 0 Å². The lowest BCUT2D eigenvalue weighted by atomic mass is 10.2. The molecule has 0 saturated heterocycles. The highest BCUT2D eigenvalue weighted by Crippen LogP contribution is 2.24. The maximum atomic E-state index is 14.6. The van der Waals surface area contributed by atoms with E-state index in [1.54, 1.807) is 42.5 Å². The summed E-state index contributed by atoms with van der Waals surface area (Å²) in [6.07, 6.45) is 4.10. The highest BCUT2D eigenvalue weighted by molar-refractivity contribution is 6.30. The van der Waals surface area contributed by atoms with E-state index in [0.717, 1.165) is 38.1 Å². The van der Waals surface area contributed by atoms with Crippen LogP contribution in [0.3, 0.4) is 0 Å². The summed E-state index contributed by atoms with van der Waals surface area (Å²) in [5, 5.41) is 11.9. The number of nitrogens with one attached hydrogen (secondary N) is 1. The minimum absolute atomic E-state index is 0.111. The van der Waals surface area contributed by atoms with Crippen LogP contribution in [-0.4, -0.2) is 20.8 Å². The molecule has 4 rings (SSSR count). The fourth-order valence-corrected chi connectivity index (χ4v) is 3.69. The summed E-state index contributed by atoms with van der Waals surface area (Å²) in [5.41, 5.74) is 0.710. The Morgan fingerprint density at radius 2 is 2.00 bits per heavy atom. The van der Waals surface area contributed by atoms with Gasteiger partial charge in [0.15, 0.2) is 5.82 Å². The topological polar surface area (TPSA) is 63.1 Å². The standard InChI is InChI=1S/C21H21ClFN5O/c22-15-7-6-8-16(13-15)24-21(29)28(18-10-4-3-9-17(18)23)14-20-26-25-19-11-2-1-5-12-27(19)20/h3-4,6-10,13H,1-2,5,11-12,14H2,(H,24,29). The molecule has 2 heterocycles. The van der Waals surface area contributed by atoms with Crippen LogP contribution in [0.1, 0.15) is 30.9 Å². The lowest BCUT2D eigenvalue weighted by Crippen LogP contribution is -2.36. The van der Waals surface area contributed by atoms with E-state index < -0.39 is 11.8 Å². The van der Waals surface area contributed by atoms with Gasteiger partial charge in [-0.05, 0) is 43.2 Å². The molecule has 0 radical (unpaired) electrons. The predicted molar refractivity (Wildman–Crippen MR) is 111 cm³/mol. The third-order valence-corrected chi connectivity index (χ3v) is 5.19. The largest absolute Gasteiger partial charge is 0.326 e. The molecule has 6 nitrogen and oxygen atoms in total. The molecule has 0 saturated carbocycles. The Balaban J connectivity index is 1.65. The summed E-state index contributed by atoms with van der Waals surface area (Å²) in [4.78, 5) is 14.4. The Hall–Kier alpha value is -2.93. The van der Waals surface area contributed by atoms with Crippen molar-refractivity contribution in [3.05, 3.63) is 71.0 Å². The van der Waals surface area contributed by atoms with E-state index in [4.69, 9.17) is 11.6 Å². The monoisotopic (exact) mass is 413 g/mol. The van der Waals surface area contributed by atoms with Gasteiger partial charge < -0.3 is 9.88 Å². The number of carbonyl (C=O) groups excluding carboxylic acids is 1. The fraction of sp³-hybridized carbons (Fsp3) is 0.286. The van der Waals surface area contributed by atoms with Gasteiger partial charge in [-0.25, -0.2) is 9.18 Å². The van der Waals surface area contributed by atoms with Crippen molar-refractivity contribution < 1.29 is 9.18 Å². The number of amides is 2. The Bertz CT molecular complexity index is 1020. The van der Waals surface area contributed by atoms with Gasteiger partial charge in [-0.15, -0.1) is 10.2 Å². The molecule has 1 aromatic heterocycles. The number of nitrogens with zero attached hydrogens (tertiary/aromatic N) is 4. The highest BCUT2D eigenvalue weighted by Gasteiger charge is 2.24. The average Bonchev–Trinajstić information content (AvgIpc) is 2.92. The maximum Gasteiger partial charge on any atom is 0.326 e. The highest BCUT2D eigenvalue weighted by atomic mass is 35.5. The quantitative estimate of drug-likeness (QED) is 0.652. The van der Waals surface area contributed by atoms with Crippen molar-refractivity contribution in [2.45, 2.75) is 38.8 Å². The second-order valence-corrected chi connectivity index (χ2v) is 7.41. The predicted octanol–water partition coefficient (Wildman–Crippen LogP) is 5.04. The van der Waals surface area contributed by atoms with Crippen LogP contribution in [0.4, 0.5) is 20.6 Å². The molecule has 0 fully saturated rings. The molecule has 2 amide bonds. The van der Waals surface area contributed by atoms with Gasteiger partial charge in [0.1, 0.15) is 11.6 Å². The van der Waals surface area contributed by atoms with Crippen molar-refractivity contribution in [3.63, 3.8) is 0 Å². The summed E-state index contributed by atoms with van der Waals surface area (Å²) in [7, 11) is 0. The van der Waals surface area contributed by atoms with Gasteiger partial charge in [0, 0.05) is 23.7 Å². The van der Waals surface area contributed by atoms with Crippen molar-refractivity contribution >= 4 is 29.0 Å². The first-order chi connectivity index (χ1) is 14.1. The SMILES string of the molecule is O=C(Nc1cccc(Cl)c1)N(Cc1nnc2n1CCCCC2)c1ccccc1F. The van der Waals surface area contributed by atoms with E-state index in [1.165, 1.54) is 11.0 Å². The molecule has 0 unspecified atom stereocenters. The number of halogens is 2. The van der Waals surface area contributed by atoms with Crippen molar-refractivity contribution in [1.82, 2.24) is 14.8 Å². The van der Waals surface area contributed by atoms with Crippen LogP contribution in [0, 0.1) is 5.82 Å². The molecule has 1 aliphatic rings. The van der Waals surface area contributed by atoms with Gasteiger partial charge >= 0.3 is 6.03 Å². The van der Waals surface area contributed by atoms with Gasteiger partial charge in [0.2, 0.25) is 0 Å². The number of urea groups is 1. The van der Waals surface area contributed by atoms with Gasteiger partial charge in [-0.2, -0.15) is 0 Å². The number of benzene rings is 2. The molecule has 0 aliphatic carbocycles. The molecule has 0 bridgehead atoms. The Morgan fingerprint density at radius 1 is 1.14 bits per heavy atom. The number of aromatic nitrogens is 3. The third kappa shape index (κ3) is 4.40.